The van der Waals surface area contributed by atoms with E-state index in [0.29, 0.717) is 10.8 Å². The molecule has 0 amide bonds. The number of nitrogens with zero attached hydrogens (tertiary/aromatic N) is 1. The van der Waals surface area contributed by atoms with Gasteiger partial charge in [0.25, 0.3) is 0 Å². The van der Waals surface area contributed by atoms with Gasteiger partial charge in [0, 0.05) is 16.9 Å². The summed E-state index contributed by atoms with van der Waals surface area (Å²) >= 11 is 5.68. The van der Waals surface area contributed by atoms with Crippen molar-refractivity contribution in [3.05, 3.63) is 15.6 Å². The van der Waals surface area contributed by atoms with E-state index in [1.807, 2.05) is 0 Å². The van der Waals surface area contributed by atoms with Gasteiger partial charge in [0.15, 0.2) is 9.84 Å². The van der Waals surface area contributed by atoms with E-state index in [0.717, 1.165) is 23.4 Å². The number of aromatic nitrogens is 1. The largest absolute Gasteiger partial charge is 0.245 e. The van der Waals surface area contributed by atoms with Gasteiger partial charge in [-0.2, -0.15) is 12.6 Å². The SMILES string of the molecule is CCCc1nc(CS(C)(=O)=O)sc1CS. The Morgan fingerprint density at radius 2 is 2.13 bits per heavy atom. The predicted octanol–water partition coefficient (Wildman–Crippen LogP) is 2.07. The van der Waals surface area contributed by atoms with Crippen LogP contribution in [0.1, 0.15) is 28.9 Å². The number of thiazole rings is 1. The first kappa shape index (κ1) is 13.0. The number of sulfone groups is 1. The van der Waals surface area contributed by atoms with Gasteiger partial charge in [-0.1, -0.05) is 13.3 Å². The lowest BCUT2D eigenvalue weighted by Crippen LogP contribution is -2.00. The summed E-state index contributed by atoms with van der Waals surface area (Å²) in [5.74, 6) is 0.679. The van der Waals surface area contributed by atoms with Crippen LogP contribution in [0.15, 0.2) is 0 Å². The summed E-state index contributed by atoms with van der Waals surface area (Å²) < 4.78 is 22.2. The van der Waals surface area contributed by atoms with Gasteiger partial charge in [0.05, 0.1) is 5.69 Å². The summed E-state index contributed by atoms with van der Waals surface area (Å²) in [7, 11) is -2.98. The van der Waals surface area contributed by atoms with Crippen LogP contribution in [0.3, 0.4) is 0 Å². The van der Waals surface area contributed by atoms with Crippen LogP contribution >= 0.6 is 24.0 Å². The number of rotatable bonds is 5. The van der Waals surface area contributed by atoms with Crippen molar-refractivity contribution in [3.63, 3.8) is 0 Å². The molecule has 1 aromatic heterocycles. The number of hydrogen-bond donors (Lipinski definition) is 1. The Balaban J connectivity index is 2.92. The second-order valence-electron chi connectivity index (χ2n) is 3.46. The van der Waals surface area contributed by atoms with Crippen molar-refractivity contribution < 1.29 is 8.42 Å². The topological polar surface area (TPSA) is 47.0 Å². The highest BCUT2D eigenvalue weighted by Gasteiger charge is 2.13. The highest BCUT2D eigenvalue weighted by molar-refractivity contribution is 7.90. The zero-order valence-corrected chi connectivity index (χ0v) is 11.4. The molecule has 0 aliphatic heterocycles. The van der Waals surface area contributed by atoms with Crippen LogP contribution in [0.5, 0.6) is 0 Å². The molecule has 0 bridgehead atoms. The first-order chi connectivity index (χ1) is 6.96. The van der Waals surface area contributed by atoms with E-state index >= 15 is 0 Å². The molecule has 0 aromatic carbocycles. The summed E-state index contributed by atoms with van der Waals surface area (Å²) in [6.07, 6.45) is 3.15. The maximum atomic E-state index is 11.1. The molecule has 1 aromatic rings. The van der Waals surface area contributed by atoms with Crippen LogP contribution < -0.4 is 0 Å². The minimum absolute atomic E-state index is 0.0438. The van der Waals surface area contributed by atoms with Gasteiger partial charge >= 0.3 is 0 Å². The molecule has 0 unspecified atom stereocenters. The average Bonchev–Trinajstić information content (AvgIpc) is 2.45. The Morgan fingerprint density at radius 1 is 1.47 bits per heavy atom. The molecule has 0 saturated heterocycles. The summed E-state index contributed by atoms with van der Waals surface area (Å²) in [6, 6.07) is 0. The molecule has 0 fully saturated rings. The fourth-order valence-corrected chi connectivity index (χ4v) is 3.82. The van der Waals surface area contributed by atoms with Crippen molar-refractivity contribution in [3.8, 4) is 0 Å². The van der Waals surface area contributed by atoms with Crippen molar-refractivity contribution in [2.75, 3.05) is 6.26 Å². The zero-order chi connectivity index (χ0) is 11.5. The zero-order valence-electron chi connectivity index (χ0n) is 8.86. The molecular formula is C9H15NO2S3. The van der Waals surface area contributed by atoms with Crippen LogP contribution in [0.25, 0.3) is 0 Å². The summed E-state index contributed by atoms with van der Waals surface area (Å²) in [4.78, 5) is 5.44. The lowest BCUT2D eigenvalue weighted by molar-refractivity contribution is 0.601. The van der Waals surface area contributed by atoms with Crippen molar-refractivity contribution in [1.82, 2.24) is 4.98 Å². The number of aryl methyl sites for hydroxylation is 1. The summed E-state index contributed by atoms with van der Waals surface area (Å²) in [5.41, 5.74) is 1.01. The molecule has 86 valence electrons. The number of thiol groups is 1. The average molecular weight is 265 g/mol. The van der Waals surface area contributed by atoms with E-state index in [9.17, 15) is 8.42 Å². The Morgan fingerprint density at radius 3 is 2.60 bits per heavy atom. The van der Waals surface area contributed by atoms with Gasteiger partial charge < -0.3 is 0 Å². The van der Waals surface area contributed by atoms with Crippen molar-refractivity contribution in [2.45, 2.75) is 31.3 Å². The summed E-state index contributed by atoms with van der Waals surface area (Å²) in [5, 5.41) is 0.685. The maximum Gasteiger partial charge on any atom is 0.153 e. The molecule has 0 aliphatic rings. The molecule has 0 aliphatic carbocycles. The van der Waals surface area contributed by atoms with Crippen molar-refractivity contribution in [2.24, 2.45) is 0 Å². The molecule has 6 heteroatoms. The monoisotopic (exact) mass is 265 g/mol. The highest BCUT2D eigenvalue weighted by atomic mass is 32.2. The third-order valence-electron chi connectivity index (χ3n) is 1.84. The fourth-order valence-electron chi connectivity index (χ4n) is 1.28. The van der Waals surface area contributed by atoms with Crippen LogP contribution in [-0.2, 0) is 27.8 Å². The molecule has 0 radical (unpaired) electrons. The lowest BCUT2D eigenvalue weighted by atomic mass is 10.2. The second-order valence-corrected chi connectivity index (χ2v) is 7.08. The van der Waals surface area contributed by atoms with Gasteiger partial charge in [-0.3, -0.25) is 0 Å². The third-order valence-corrected chi connectivity index (χ3v) is 4.45. The first-order valence-electron chi connectivity index (χ1n) is 4.72. The lowest BCUT2D eigenvalue weighted by Gasteiger charge is -1.94. The van der Waals surface area contributed by atoms with E-state index < -0.39 is 9.84 Å². The normalized spacial score (nSPS) is 11.9. The molecular weight excluding hydrogens is 250 g/mol. The molecule has 3 nitrogen and oxygen atoms in total. The van der Waals surface area contributed by atoms with Crippen LogP contribution in [0, 0.1) is 0 Å². The predicted molar refractivity (Wildman–Crippen MR) is 67.3 cm³/mol. The molecule has 1 heterocycles. The third kappa shape index (κ3) is 4.12. The Bertz CT molecular complexity index is 423. The van der Waals surface area contributed by atoms with E-state index in [1.165, 1.54) is 17.6 Å². The maximum absolute atomic E-state index is 11.1. The smallest absolute Gasteiger partial charge is 0.153 e. The van der Waals surface area contributed by atoms with Gasteiger partial charge in [0.1, 0.15) is 10.8 Å². The van der Waals surface area contributed by atoms with Gasteiger partial charge in [0.2, 0.25) is 0 Å². The Labute approximate surface area is 100 Å². The molecule has 1 rings (SSSR count). The second kappa shape index (κ2) is 5.32. The quantitative estimate of drug-likeness (QED) is 0.829. The van der Waals surface area contributed by atoms with E-state index in [2.05, 4.69) is 24.5 Å². The fraction of sp³-hybridized carbons (Fsp3) is 0.667. The minimum Gasteiger partial charge on any atom is -0.245 e. The van der Waals surface area contributed by atoms with Crippen LogP contribution in [0.2, 0.25) is 0 Å². The van der Waals surface area contributed by atoms with E-state index in [1.54, 1.807) is 0 Å². The van der Waals surface area contributed by atoms with E-state index in [4.69, 9.17) is 0 Å². The number of hydrogen-bond acceptors (Lipinski definition) is 5. The van der Waals surface area contributed by atoms with Gasteiger partial charge in [-0.05, 0) is 6.42 Å². The van der Waals surface area contributed by atoms with Crippen LogP contribution in [-0.4, -0.2) is 19.7 Å². The van der Waals surface area contributed by atoms with Gasteiger partial charge in [-0.25, -0.2) is 13.4 Å². The molecule has 15 heavy (non-hydrogen) atoms. The first-order valence-corrected chi connectivity index (χ1v) is 8.23. The van der Waals surface area contributed by atoms with Crippen LogP contribution in [0.4, 0.5) is 0 Å². The van der Waals surface area contributed by atoms with Crippen molar-refractivity contribution >= 4 is 33.8 Å². The van der Waals surface area contributed by atoms with Gasteiger partial charge in [-0.15, -0.1) is 11.3 Å². The minimum atomic E-state index is -2.98. The summed E-state index contributed by atoms with van der Waals surface area (Å²) in [6.45, 7) is 2.08. The molecule has 0 atom stereocenters. The molecule has 0 saturated carbocycles. The van der Waals surface area contributed by atoms with E-state index in [-0.39, 0.29) is 5.75 Å². The molecule has 0 N–H and O–H groups in total. The highest BCUT2D eigenvalue weighted by Crippen LogP contribution is 2.23. The Kier molecular flexibility index (Phi) is 4.61. The molecule has 0 spiro atoms. The Hall–Kier alpha value is -0.0700. The van der Waals surface area contributed by atoms with Crippen molar-refractivity contribution in [1.29, 1.82) is 0 Å². The standard InChI is InChI=1S/C9H15NO2S3/c1-3-4-7-8(5-13)14-9(10-7)6-15(2,11)12/h13H,3-6H2,1-2H3.